The van der Waals surface area contributed by atoms with E-state index in [1.807, 2.05) is 36.4 Å². The minimum Gasteiger partial charge on any atom is -0.324 e. The Morgan fingerprint density at radius 3 is 2.50 bits per heavy atom. The number of amides is 1. The first-order chi connectivity index (χ1) is 12.5. The topological polar surface area (TPSA) is 66.9 Å². The number of carbonyl (C=O) groups excluding carboxylic acids is 1. The molecule has 0 saturated heterocycles. The number of nitrogens with zero attached hydrogens (tertiary/aromatic N) is 2. The number of hydrogen-bond donors (Lipinski definition) is 2. The average Bonchev–Trinajstić information content (AvgIpc) is 2.62. The van der Waals surface area contributed by atoms with Gasteiger partial charge in [0, 0.05) is 22.6 Å². The zero-order chi connectivity index (χ0) is 18.5. The summed E-state index contributed by atoms with van der Waals surface area (Å²) in [7, 11) is 0. The van der Waals surface area contributed by atoms with Crippen molar-refractivity contribution in [2.24, 2.45) is 0 Å². The van der Waals surface area contributed by atoms with Crippen molar-refractivity contribution in [3.8, 4) is 0 Å². The van der Waals surface area contributed by atoms with Crippen LogP contribution in [0.15, 0.2) is 60.8 Å². The van der Waals surface area contributed by atoms with Gasteiger partial charge in [-0.2, -0.15) is 0 Å². The van der Waals surface area contributed by atoms with Crippen LogP contribution in [0.2, 0.25) is 5.02 Å². The molecule has 0 saturated carbocycles. The zero-order valence-electron chi connectivity index (χ0n) is 14.5. The zero-order valence-corrected chi connectivity index (χ0v) is 15.3. The van der Waals surface area contributed by atoms with Gasteiger partial charge in [-0.15, -0.1) is 0 Å². The fraction of sp³-hybridized carbons (Fsp3) is 0.150. The second kappa shape index (κ2) is 7.97. The summed E-state index contributed by atoms with van der Waals surface area (Å²) < 4.78 is 0. The molecule has 0 aliphatic heterocycles. The average molecular weight is 367 g/mol. The van der Waals surface area contributed by atoms with Crippen molar-refractivity contribution < 1.29 is 4.79 Å². The van der Waals surface area contributed by atoms with Gasteiger partial charge in [0.1, 0.15) is 5.69 Å². The lowest BCUT2D eigenvalue weighted by atomic mass is 10.0. The number of hydrogen-bond acceptors (Lipinski definition) is 4. The van der Waals surface area contributed by atoms with Crippen LogP contribution in [0.5, 0.6) is 0 Å². The van der Waals surface area contributed by atoms with E-state index in [2.05, 4.69) is 34.4 Å². The van der Waals surface area contributed by atoms with Crippen molar-refractivity contribution in [3.05, 3.63) is 77.1 Å². The molecule has 2 aromatic carbocycles. The lowest BCUT2D eigenvalue weighted by Crippen LogP contribution is -2.14. The first-order valence-electron chi connectivity index (χ1n) is 8.28. The van der Waals surface area contributed by atoms with E-state index in [0.29, 0.717) is 16.9 Å². The van der Waals surface area contributed by atoms with Gasteiger partial charge in [-0.25, -0.2) is 9.97 Å². The maximum atomic E-state index is 12.4. The Hall–Kier alpha value is -2.92. The number of rotatable bonds is 5. The van der Waals surface area contributed by atoms with E-state index in [4.69, 9.17) is 11.6 Å². The minimum absolute atomic E-state index is 0.275. The molecule has 5 nitrogen and oxygen atoms in total. The molecular weight excluding hydrogens is 348 g/mol. The highest BCUT2D eigenvalue weighted by atomic mass is 35.5. The Morgan fingerprint density at radius 1 is 1.04 bits per heavy atom. The molecule has 0 unspecified atom stereocenters. The maximum Gasteiger partial charge on any atom is 0.274 e. The van der Waals surface area contributed by atoms with E-state index in [0.717, 1.165) is 11.4 Å². The summed E-state index contributed by atoms with van der Waals surface area (Å²) in [6.45, 7) is 4.26. The van der Waals surface area contributed by atoms with Crippen LogP contribution in [0.25, 0.3) is 0 Å². The van der Waals surface area contributed by atoms with Crippen LogP contribution in [-0.2, 0) is 0 Å². The molecule has 0 bridgehead atoms. The second-order valence-electron chi connectivity index (χ2n) is 6.13. The summed E-state index contributed by atoms with van der Waals surface area (Å²) in [5.41, 5.74) is 2.97. The second-order valence-corrected chi connectivity index (χ2v) is 6.57. The fourth-order valence-electron chi connectivity index (χ4n) is 2.39. The molecule has 132 valence electrons. The lowest BCUT2D eigenvalue weighted by molar-refractivity contribution is 0.102. The number of carbonyl (C=O) groups is 1. The maximum absolute atomic E-state index is 12.4. The normalized spacial score (nSPS) is 10.6. The monoisotopic (exact) mass is 366 g/mol. The van der Waals surface area contributed by atoms with E-state index in [9.17, 15) is 4.79 Å². The Bertz CT molecular complexity index is 910. The summed E-state index contributed by atoms with van der Waals surface area (Å²) in [6.07, 6.45) is 1.54. The van der Waals surface area contributed by atoms with Crippen LogP contribution in [0, 0.1) is 0 Å². The Morgan fingerprint density at radius 2 is 1.81 bits per heavy atom. The Balaban J connectivity index is 1.71. The van der Waals surface area contributed by atoms with Crippen LogP contribution in [-0.4, -0.2) is 15.9 Å². The third-order valence-corrected chi connectivity index (χ3v) is 4.04. The molecule has 0 spiro atoms. The van der Waals surface area contributed by atoms with Crippen LogP contribution in [0.4, 0.5) is 17.3 Å². The van der Waals surface area contributed by atoms with Gasteiger partial charge >= 0.3 is 0 Å². The van der Waals surface area contributed by atoms with Crippen molar-refractivity contribution in [2.45, 2.75) is 19.8 Å². The third kappa shape index (κ3) is 4.58. The number of aromatic nitrogens is 2. The smallest absolute Gasteiger partial charge is 0.274 e. The van der Waals surface area contributed by atoms with Gasteiger partial charge in [0.15, 0.2) is 0 Å². The number of anilines is 3. The molecule has 2 N–H and O–H groups in total. The molecule has 1 amide bonds. The van der Waals surface area contributed by atoms with Gasteiger partial charge in [0.05, 0.1) is 0 Å². The van der Waals surface area contributed by atoms with E-state index >= 15 is 0 Å². The standard InChI is InChI=1S/C20H19ClN4O/c1-13(2)14-6-8-16(9-7-14)23-19(26)18-10-11-22-20(25-18)24-17-5-3-4-15(21)12-17/h3-13H,1-2H3,(H,23,26)(H,22,24,25). The van der Waals surface area contributed by atoms with Gasteiger partial charge in [-0.3, -0.25) is 4.79 Å². The summed E-state index contributed by atoms with van der Waals surface area (Å²) in [5, 5.41) is 6.49. The molecule has 26 heavy (non-hydrogen) atoms. The fourth-order valence-corrected chi connectivity index (χ4v) is 2.58. The summed E-state index contributed by atoms with van der Waals surface area (Å²) >= 11 is 5.97. The number of halogens is 1. The molecule has 0 aliphatic rings. The number of benzene rings is 2. The highest BCUT2D eigenvalue weighted by Crippen LogP contribution is 2.19. The van der Waals surface area contributed by atoms with Crippen molar-refractivity contribution >= 4 is 34.8 Å². The first kappa shape index (κ1) is 17.9. The SMILES string of the molecule is CC(C)c1ccc(NC(=O)c2ccnc(Nc3cccc(Cl)c3)n2)cc1. The van der Waals surface area contributed by atoms with E-state index < -0.39 is 0 Å². The summed E-state index contributed by atoms with van der Waals surface area (Å²) in [6, 6.07) is 16.6. The van der Waals surface area contributed by atoms with E-state index in [-0.39, 0.29) is 11.6 Å². The van der Waals surface area contributed by atoms with Crippen molar-refractivity contribution in [3.63, 3.8) is 0 Å². The van der Waals surface area contributed by atoms with Crippen LogP contribution >= 0.6 is 11.6 Å². The van der Waals surface area contributed by atoms with Crippen LogP contribution in [0.3, 0.4) is 0 Å². The van der Waals surface area contributed by atoms with E-state index in [1.54, 1.807) is 18.2 Å². The Kier molecular flexibility index (Phi) is 5.49. The van der Waals surface area contributed by atoms with Crippen LogP contribution < -0.4 is 10.6 Å². The van der Waals surface area contributed by atoms with Gasteiger partial charge in [-0.05, 0) is 47.9 Å². The van der Waals surface area contributed by atoms with Gasteiger partial charge < -0.3 is 10.6 Å². The molecule has 0 aliphatic carbocycles. The predicted molar refractivity (Wildman–Crippen MR) is 105 cm³/mol. The molecule has 1 heterocycles. The predicted octanol–water partition coefficient (Wildman–Crippen LogP) is 5.25. The van der Waals surface area contributed by atoms with Crippen molar-refractivity contribution in [2.75, 3.05) is 10.6 Å². The van der Waals surface area contributed by atoms with Crippen LogP contribution in [0.1, 0.15) is 35.8 Å². The minimum atomic E-state index is -0.293. The van der Waals surface area contributed by atoms with Gasteiger partial charge in [-0.1, -0.05) is 43.6 Å². The van der Waals surface area contributed by atoms with E-state index in [1.165, 1.54) is 11.8 Å². The highest BCUT2D eigenvalue weighted by molar-refractivity contribution is 6.30. The molecular formula is C20H19ClN4O. The number of nitrogens with one attached hydrogen (secondary N) is 2. The lowest BCUT2D eigenvalue weighted by Gasteiger charge is -2.09. The van der Waals surface area contributed by atoms with Gasteiger partial charge in [0.2, 0.25) is 5.95 Å². The first-order valence-corrected chi connectivity index (χ1v) is 8.66. The molecule has 0 fully saturated rings. The van der Waals surface area contributed by atoms with Gasteiger partial charge in [0.25, 0.3) is 5.91 Å². The quantitative estimate of drug-likeness (QED) is 0.647. The molecule has 1 aromatic heterocycles. The third-order valence-electron chi connectivity index (χ3n) is 3.80. The summed E-state index contributed by atoms with van der Waals surface area (Å²) in [4.78, 5) is 20.8. The molecule has 3 rings (SSSR count). The molecule has 0 radical (unpaired) electrons. The molecule has 3 aromatic rings. The highest BCUT2D eigenvalue weighted by Gasteiger charge is 2.10. The van der Waals surface area contributed by atoms with Crippen molar-refractivity contribution in [1.29, 1.82) is 0 Å². The Labute approximate surface area is 157 Å². The molecule has 0 atom stereocenters. The summed E-state index contributed by atoms with van der Waals surface area (Å²) in [5.74, 6) is 0.482. The molecule has 6 heteroatoms. The van der Waals surface area contributed by atoms with Crippen molar-refractivity contribution in [1.82, 2.24) is 9.97 Å². The largest absolute Gasteiger partial charge is 0.324 e.